The minimum absolute atomic E-state index is 0.0989. The smallest absolute Gasteiger partial charge is 0.289 e. The maximum absolute atomic E-state index is 11.4. The summed E-state index contributed by atoms with van der Waals surface area (Å²) in [6.45, 7) is 0.896. The van der Waals surface area contributed by atoms with Crippen molar-refractivity contribution in [1.29, 1.82) is 0 Å². The number of carbonyl (C=O) groups is 1. The van der Waals surface area contributed by atoms with Gasteiger partial charge < -0.3 is 11.1 Å². The molecule has 1 aromatic rings. The molecule has 1 aliphatic heterocycles. The van der Waals surface area contributed by atoms with Crippen molar-refractivity contribution in [3.05, 3.63) is 10.4 Å². The number of nitrogens with two attached hydrogens (primary N) is 1. The van der Waals surface area contributed by atoms with Gasteiger partial charge in [0.1, 0.15) is 5.69 Å². The summed E-state index contributed by atoms with van der Waals surface area (Å²) in [7, 11) is 0. The Labute approximate surface area is 79.3 Å². The predicted octanol–water partition coefficient (Wildman–Crippen LogP) is -1.58. The number of amides is 1. The number of aromatic amines is 2. The average molecular weight is 197 g/mol. The van der Waals surface area contributed by atoms with E-state index >= 15 is 0 Å². The summed E-state index contributed by atoms with van der Waals surface area (Å²) in [5.41, 5.74) is 5.51. The summed E-state index contributed by atoms with van der Waals surface area (Å²) in [5, 5.41) is 7.79. The number of aromatic nitrogens is 2. The molecule has 0 bridgehead atoms. The van der Waals surface area contributed by atoms with Gasteiger partial charge in [-0.3, -0.25) is 24.7 Å². The van der Waals surface area contributed by atoms with Crippen LogP contribution in [0.3, 0.4) is 0 Å². The maximum atomic E-state index is 11.4. The first-order valence-electron chi connectivity index (χ1n) is 4.29. The van der Waals surface area contributed by atoms with E-state index in [0.717, 1.165) is 0 Å². The van der Waals surface area contributed by atoms with Crippen molar-refractivity contribution in [2.24, 2.45) is 5.73 Å². The van der Waals surface area contributed by atoms with Crippen molar-refractivity contribution in [2.75, 3.05) is 29.9 Å². The van der Waals surface area contributed by atoms with Crippen LogP contribution in [0.15, 0.2) is 4.79 Å². The first-order chi connectivity index (χ1) is 6.74. The van der Waals surface area contributed by atoms with Crippen LogP contribution in [0.25, 0.3) is 0 Å². The van der Waals surface area contributed by atoms with Crippen LogP contribution in [-0.4, -0.2) is 35.7 Å². The summed E-state index contributed by atoms with van der Waals surface area (Å²) in [5.74, 6) is 0.370. The van der Waals surface area contributed by atoms with E-state index in [1.54, 1.807) is 0 Å². The SMILES string of the molecule is NCCN1C(=O)CNc2c1[nH][nH]c2=O. The van der Waals surface area contributed by atoms with E-state index in [2.05, 4.69) is 15.5 Å². The lowest BCUT2D eigenvalue weighted by Crippen LogP contribution is -2.43. The van der Waals surface area contributed by atoms with Crippen molar-refractivity contribution >= 4 is 17.4 Å². The number of fused-ring (bicyclic) bond motifs is 1. The van der Waals surface area contributed by atoms with E-state index in [1.807, 2.05) is 0 Å². The second-order valence-electron chi connectivity index (χ2n) is 2.99. The van der Waals surface area contributed by atoms with Crippen molar-refractivity contribution in [2.45, 2.75) is 0 Å². The van der Waals surface area contributed by atoms with Crippen molar-refractivity contribution in [3.63, 3.8) is 0 Å². The number of H-pyrrole nitrogens is 2. The number of anilines is 2. The first kappa shape index (κ1) is 8.82. The minimum atomic E-state index is -0.255. The Morgan fingerprint density at radius 1 is 1.36 bits per heavy atom. The zero-order valence-electron chi connectivity index (χ0n) is 7.46. The van der Waals surface area contributed by atoms with Gasteiger partial charge in [0.25, 0.3) is 5.56 Å². The Bertz CT molecular complexity index is 406. The molecule has 7 heteroatoms. The molecule has 0 saturated carbocycles. The highest BCUT2D eigenvalue weighted by atomic mass is 16.2. The fraction of sp³-hybridized carbons (Fsp3) is 0.429. The van der Waals surface area contributed by atoms with Gasteiger partial charge in [0.2, 0.25) is 5.91 Å². The molecule has 1 amide bonds. The van der Waals surface area contributed by atoms with Crippen LogP contribution in [0.1, 0.15) is 0 Å². The highest BCUT2D eigenvalue weighted by Crippen LogP contribution is 2.21. The first-order valence-corrected chi connectivity index (χ1v) is 4.29. The number of hydrogen-bond acceptors (Lipinski definition) is 4. The van der Waals surface area contributed by atoms with Gasteiger partial charge in [0, 0.05) is 13.1 Å². The minimum Gasteiger partial charge on any atom is -0.369 e. The van der Waals surface area contributed by atoms with Gasteiger partial charge in [-0.1, -0.05) is 0 Å². The molecule has 0 radical (unpaired) electrons. The zero-order chi connectivity index (χ0) is 10.1. The molecule has 14 heavy (non-hydrogen) atoms. The molecular weight excluding hydrogens is 186 g/mol. The molecule has 1 aromatic heterocycles. The Hall–Kier alpha value is -1.76. The zero-order valence-corrected chi connectivity index (χ0v) is 7.46. The van der Waals surface area contributed by atoms with Crippen molar-refractivity contribution in [1.82, 2.24) is 10.2 Å². The number of hydrogen-bond donors (Lipinski definition) is 4. The largest absolute Gasteiger partial charge is 0.369 e. The number of rotatable bonds is 2. The number of carbonyl (C=O) groups excluding carboxylic acids is 1. The van der Waals surface area contributed by atoms with Crippen molar-refractivity contribution < 1.29 is 4.79 Å². The Balaban J connectivity index is 2.41. The number of nitrogens with one attached hydrogen (secondary N) is 3. The van der Waals surface area contributed by atoms with Crippen LogP contribution in [0.2, 0.25) is 0 Å². The fourth-order valence-corrected chi connectivity index (χ4v) is 1.46. The summed E-state index contributed by atoms with van der Waals surface area (Å²) in [6.07, 6.45) is 0. The molecule has 1 aliphatic rings. The van der Waals surface area contributed by atoms with Gasteiger partial charge in [0.15, 0.2) is 5.82 Å². The lowest BCUT2D eigenvalue weighted by Gasteiger charge is -2.25. The summed E-state index contributed by atoms with van der Waals surface area (Å²) < 4.78 is 0. The topological polar surface area (TPSA) is 107 Å². The second kappa shape index (κ2) is 3.18. The molecule has 2 heterocycles. The second-order valence-corrected chi connectivity index (χ2v) is 2.99. The Kier molecular flexibility index (Phi) is 2.01. The molecule has 0 atom stereocenters. The quantitative estimate of drug-likeness (QED) is 0.459. The van der Waals surface area contributed by atoms with E-state index in [1.165, 1.54) is 4.90 Å². The highest BCUT2D eigenvalue weighted by molar-refractivity contribution is 6.01. The number of nitrogens with zero attached hydrogens (tertiary/aromatic N) is 1. The normalized spacial score (nSPS) is 15.2. The molecular formula is C7H11N5O2. The molecule has 0 aliphatic carbocycles. The van der Waals surface area contributed by atoms with Gasteiger partial charge in [-0.15, -0.1) is 0 Å². The third-order valence-corrected chi connectivity index (χ3v) is 2.10. The van der Waals surface area contributed by atoms with Crippen LogP contribution in [0.4, 0.5) is 11.5 Å². The van der Waals surface area contributed by atoms with Crippen LogP contribution in [0.5, 0.6) is 0 Å². The van der Waals surface area contributed by atoms with Gasteiger partial charge in [-0.25, -0.2) is 0 Å². The Morgan fingerprint density at radius 3 is 2.86 bits per heavy atom. The van der Waals surface area contributed by atoms with E-state index in [0.29, 0.717) is 24.6 Å². The van der Waals surface area contributed by atoms with Gasteiger partial charge in [-0.05, 0) is 0 Å². The van der Waals surface area contributed by atoms with Crippen LogP contribution < -0.4 is 21.5 Å². The molecule has 76 valence electrons. The molecule has 7 nitrogen and oxygen atoms in total. The summed E-state index contributed by atoms with van der Waals surface area (Å²) in [4.78, 5) is 24.1. The molecule has 0 spiro atoms. The fourth-order valence-electron chi connectivity index (χ4n) is 1.46. The predicted molar refractivity (Wildman–Crippen MR) is 51.3 cm³/mol. The molecule has 0 fully saturated rings. The van der Waals surface area contributed by atoms with E-state index < -0.39 is 0 Å². The highest BCUT2D eigenvalue weighted by Gasteiger charge is 2.26. The van der Waals surface area contributed by atoms with Crippen LogP contribution >= 0.6 is 0 Å². The van der Waals surface area contributed by atoms with Crippen LogP contribution in [0, 0.1) is 0 Å². The van der Waals surface area contributed by atoms with Gasteiger partial charge >= 0.3 is 0 Å². The lowest BCUT2D eigenvalue weighted by atomic mass is 10.3. The maximum Gasteiger partial charge on any atom is 0.289 e. The summed E-state index contributed by atoms with van der Waals surface area (Å²) >= 11 is 0. The van der Waals surface area contributed by atoms with E-state index in [9.17, 15) is 9.59 Å². The standard InChI is InChI=1S/C7H11N5O2/c8-1-2-12-4(13)3-9-5-6(12)10-11-7(5)14/h9H,1-3,8H2,(H2,10,11,14). The van der Waals surface area contributed by atoms with Crippen molar-refractivity contribution in [3.8, 4) is 0 Å². The summed E-state index contributed by atoms with van der Waals surface area (Å²) in [6, 6.07) is 0. The molecule has 0 aromatic carbocycles. The van der Waals surface area contributed by atoms with Gasteiger partial charge in [-0.2, -0.15) is 0 Å². The van der Waals surface area contributed by atoms with Gasteiger partial charge in [0.05, 0.1) is 6.54 Å². The molecule has 5 N–H and O–H groups in total. The monoisotopic (exact) mass is 197 g/mol. The van der Waals surface area contributed by atoms with E-state index in [-0.39, 0.29) is 18.0 Å². The lowest BCUT2D eigenvalue weighted by molar-refractivity contribution is -0.117. The Morgan fingerprint density at radius 2 is 2.14 bits per heavy atom. The molecule has 0 unspecified atom stereocenters. The molecule has 0 saturated heterocycles. The third-order valence-electron chi connectivity index (χ3n) is 2.10. The third kappa shape index (κ3) is 1.18. The van der Waals surface area contributed by atoms with Crippen LogP contribution in [-0.2, 0) is 4.79 Å². The van der Waals surface area contributed by atoms with E-state index in [4.69, 9.17) is 5.73 Å². The average Bonchev–Trinajstić information content (AvgIpc) is 2.53. The molecule has 2 rings (SSSR count).